The fourth-order valence-corrected chi connectivity index (χ4v) is 4.78. The molecule has 0 atom stereocenters. The third-order valence-corrected chi connectivity index (χ3v) is 6.99. The lowest BCUT2D eigenvalue weighted by Crippen LogP contribution is -2.44. The van der Waals surface area contributed by atoms with Crippen molar-refractivity contribution in [3.8, 4) is 11.1 Å². The number of aromatic nitrogens is 1. The maximum absolute atomic E-state index is 15.1. The van der Waals surface area contributed by atoms with Crippen LogP contribution in [0.3, 0.4) is 0 Å². The average Bonchev–Trinajstić information content (AvgIpc) is 2.91. The second kappa shape index (κ2) is 11.2. The molecule has 0 spiro atoms. The number of carbonyl (C=O) groups excluding carboxylic acids is 1. The van der Waals surface area contributed by atoms with Gasteiger partial charge in [0.25, 0.3) is 5.91 Å². The number of nitrogens with zero attached hydrogens (tertiary/aromatic N) is 3. The molecule has 2 aromatic carbocycles. The number of hydrogen-bond donors (Lipinski definition) is 2. The predicted octanol–water partition coefficient (Wildman–Crippen LogP) is 3.02. The normalized spacial score (nSPS) is 17.1. The van der Waals surface area contributed by atoms with E-state index < -0.39 is 0 Å². The number of anilines is 2. The number of amides is 1. The zero-order valence-electron chi connectivity index (χ0n) is 21.0. The van der Waals surface area contributed by atoms with Gasteiger partial charge in [0.05, 0.1) is 30.2 Å². The van der Waals surface area contributed by atoms with E-state index in [2.05, 4.69) is 32.0 Å². The fourth-order valence-electron chi connectivity index (χ4n) is 4.78. The maximum Gasteiger partial charge on any atom is 0.257 e. The molecule has 2 aliphatic rings. The molecule has 0 bridgehead atoms. The Balaban J connectivity index is 1.47. The molecule has 3 aromatic rings. The van der Waals surface area contributed by atoms with E-state index in [9.17, 15) is 9.59 Å². The highest BCUT2D eigenvalue weighted by Crippen LogP contribution is 2.34. The van der Waals surface area contributed by atoms with Crippen LogP contribution >= 0.6 is 0 Å². The number of halogens is 1. The largest absolute Gasteiger partial charge is 0.379 e. The Hall–Kier alpha value is -3.53. The first-order valence-electron chi connectivity index (χ1n) is 12.6. The number of likely N-dealkylation sites (N-methyl/N-ethyl adjacent to an activating group) is 1. The van der Waals surface area contributed by atoms with Crippen LogP contribution in [0.15, 0.2) is 59.5 Å². The standard InChI is InChI=1S/C28H32FN5O3/c1-32-8-10-34(11-9-32)26-6-3-21(17-25(26)31-28(36)22-4-7-27(35)30-18-22)23-16-20(2-5-24(23)29)19-33-12-14-37-15-13-33/h2-7,16-18H,8-15,19H2,1H3,(H,30,35)(H,31,36). The van der Waals surface area contributed by atoms with E-state index in [0.717, 1.165) is 57.1 Å². The van der Waals surface area contributed by atoms with Crippen molar-refractivity contribution < 1.29 is 13.9 Å². The molecule has 0 aliphatic carbocycles. The lowest BCUT2D eigenvalue weighted by atomic mass is 10.00. The van der Waals surface area contributed by atoms with E-state index in [1.165, 1.54) is 24.4 Å². The Labute approximate surface area is 215 Å². The van der Waals surface area contributed by atoms with Gasteiger partial charge in [-0.15, -0.1) is 0 Å². The molecule has 0 radical (unpaired) electrons. The van der Waals surface area contributed by atoms with Gasteiger partial charge in [-0.1, -0.05) is 12.1 Å². The van der Waals surface area contributed by atoms with Crippen molar-refractivity contribution in [2.75, 3.05) is 69.7 Å². The first-order valence-corrected chi connectivity index (χ1v) is 12.6. The molecule has 3 heterocycles. The number of hydrogen-bond acceptors (Lipinski definition) is 6. The molecule has 194 valence electrons. The summed E-state index contributed by atoms with van der Waals surface area (Å²) >= 11 is 0. The van der Waals surface area contributed by atoms with Crippen molar-refractivity contribution in [3.63, 3.8) is 0 Å². The molecule has 0 saturated carbocycles. The number of rotatable bonds is 6. The molecule has 1 aromatic heterocycles. The zero-order valence-corrected chi connectivity index (χ0v) is 21.0. The summed E-state index contributed by atoms with van der Waals surface area (Å²) in [7, 11) is 2.09. The van der Waals surface area contributed by atoms with Gasteiger partial charge in [0.2, 0.25) is 5.56 Å². The summed E-state index contributed by atoms with van der Waals surface area (Å²) in [6.45, 7) is 7.31. The number of H-pyrrole nitrogens is 1. The smallest absolute Gasteiger partial charge is 0.257 e. The van der Waals surface area contributed by atoms with Crippen molar-refractivity contribution in [2.24, 2.45) is 0 Å². The molecule has 5 rings (SSSR count). The lowest BCUT2D eigenvalue weighted by molar-refractivity contribution is 0.0342. The minimum atomic E-state index is -0.342. The molecule has 1 amide bonds. The van der Waals surface area contributed by atoms with Gasteiger partial charge < -0.3 is 24.8 Å². The maximum atomic E-state index is 15.1. The van der Waals surface area contributed by atoms with Gasteiger partial charge in [-0.3, -0.25) is 14.5 Å². The number of aromatic amines is 1. The van der Waals surface area contributed by atoms with Crippen LogP contribution in [-0.4, -0.2) is 80.2 Å². The lowest BCUT2D eigenvalue weighted by Gasteiger charge is -2.35. The highest BCUT2D eigenvalue weighted by molar-refractivity contribution is 6.06. The number of morpholine rings is 1. The Morgan fingerprint density at radius 1 is 1.00 bits per heavy atom. The SMILES string of the molecule is CN1CCN(c2ccc(-c3cc(CN4CCOCC4)ccc3F)cc2NC(=O)c2ccc(=O)[nH]c2)CC1. The van der Waals surface area contributed by atoms with E-state index in [0.29, 0.717) is 35.6 Å². The summed E-state index contributed by atoms with van der Waals surface area (Å²) in [6, 6.07) is 13.8. The summed E-state index contributed by atoms with van der Waals surface area (Å²) in [6.07, 6.45) is 1.39. The van der Waals surface area contributed by atoms with Crippen molar-refractivity contribution >= 4 is 17.3 Å². The highest BCUT2D eigenvalue weighted by Gasteiger charge is 2.20. The molecule has 2 fully saturated rings. The summed E-state index contributed by atoms with van der Waals surface area (Å²) in [5.74, 6) is -0.652. The summed E-state index contributed by atoms with van der Waals surface area (Å²) < 4.78 is 20.5. The van der Waals surface area contributed by atoms with E-state index in [4.69, 9.17) is 4.74 Å². The average molecular weight is 506 g/mol. The second-order valence-electron chi connectivity index (χ2n) is 9.62. The van der Waals surface area contributed by atoms with Crippen molar-refractivity contribution in [2.45, 2.75) is 6.54 Å². The molecule has 2 saturated heterocycles. The molecular weight excluding hydrogens is 473 g/mol. The van der Waals surface area contributed by atoms with Crippen LogP contribution in [0.5, 0.6) is 0 Å². The van der Waals surface area contributed by atoms with Crippen molar-refractivity contribution in [1.82, 2.24) is 14.8 Å². The Morgan fingerprint density at radius 3 is 2.51 bits per heavy atom. The van der Waals surface area contributed by atoms with Crippen LogP contribution in [-0.2, 0) is 11.3 Å². The minimum absolute atomic E-state index is 0.274. The Bertz CT molecular complexity index is 1290. The second-order valence-corrected chi connectivity index (χ2v) is 9.62. The minimum Gasteiger partial charge on any atom is -0.379 e. The van der Waals surface area contributed by atoms with E-state index >= 15 is 4.39 Å². The summed E-state index contributed by atoms with van der Waals surface area (Å²) in [5, 5.41) is 3.00. The monoisotopic (exact) mass is 505 g/mol. The quantitative estimate of drug-likeness (QED) is 0.536. The Kier molecular flexibility index (Phi) is 7.64. The fraction of sp³-hybridized carbons (Fsp3) is 0.357. The number of piperazine rings is 1. The molecule has 37 heavy (non-hydrogen) atoms. The van der Waals surface area contributed by atoms with E-state index in [1.54, 1.807) is 0 Å². The van der Waals surface area contributed by atoms with Crippen LogP contribution in [0.2, 0.25) is 0 Å². The van der Waals surface area contributed by atoms with Crippen LogP contribution in [0.25, 0.3) is 11.1 Å². The predicted molar refractivity (Wildman–Crippen MR) is 143 cm³/mol. The van der Waals surface area contributed by atoms with Gasteiger partial charge in [0.15, 0.2) is 0 Å². The third-order valence-electron chi connectivity index (χ3n) is 6.99. The Morgan fingerprint density at radius 2 is 1.78 bits per heavy atom. The summed E-state index contributed by atoms with van der Waals surface area (Å²) in [5.41, 5.74) is 3.78. The topological polar surface area (TPSA) is 80.9 Å². The van der Waals surface area contributed by atoms with Crippen molar-refractivity contribution in [3.05, 3.63) is 82.0 Å². The molecule has 8 nitrogen and oxygen atoms in total. The molecule has 9 heteroatoms. The van der Waals surface area contributed by atoms with Crippen LogP contribution < -0.4 is 15.8 Å². The number of ether oxygens (including phenoxy) is 1. The van der Waals surface area contributed by atoms with Gasteiger partial charge >= 0.3 is 0 Å². The van der Waals surface area contributed by atoms with Gasteiger partial charge in [0.1, 0.15) is 5.82 Å². The van der Waals surface area contributed by atoms with E-state index in [1.807, 2.05) is 30.3 Å². The van der Waals surface area contributed by atoms with Crippen LogP contribution in [0, 0.1) is 5.82 Å². The first kappa shape index (κ1) is 25.1. The van der Waals surface area contributed by atoms with E-state index in [-0.39, 0.29) is 17.3 Å². The molecular formula is C28H32FN5O3. The van der Waals surface area contributed by atoms with Gasteiger partial charge in [-0.05, 0) is 48.5 Å². The molecule has 0 unspecified atom stereocenters. The van der Waals surface area contributed by atoms with Gasteiger partial charge in [-0.25, -0.2) is 4.39 Å². The number of nitrogens with one attached hydrogen (secondary N) is 2. The summed E-state index contributed by atoms with van der Waals surface area (Å²) in [4.78, 5) is 33.8. The number of pyridine rings is 1. The number of benzene rings is 2. The zero-order chi connectivity index (χ0) is 25.8. The third kappa shape index (κ3) is 6.07. The molecule has 2 N–H and O–H groups in total. The number of carbonyl (C=O) groups is 1. The van der Waals surface area contributed by atoms with Gasteiger partial charge in [0, 0.05) is 63.6 Å². The van der Waals surface area contributed by atoms with Crippen LogP contribution in [0.4, 0.5) is 15.8 Å². The van der Waals surface area contributed by atoms with Crippen LogP contribution in [0.1, 0.15) is 15.9 Å². The highest BCUT2D eigenvalue weighted by atomic mass is 19.1. The van der Waals surface area contributed by atoms with Crippen molar-refractivity contribution in [1.29, 1.82) is 0 Å². The first-order chi connectivity index (χ1) is 18.0. The molecule has 2 aliphatic heterocycles. The van der Waals surface area contributed by atoms with Gasteiger partial charge in [-0.2, -0.15) is 0 Å².